The molecule has 4 aromatic rings. The van der Waals surface area contributed by atoms with E-state index in [-0.39, 0.29) is 11.2 Å². The number of aryl methyl sites for hydroxylation is 1. The van der Waals surface area contributed by atoms with E-state index in [0.717, 1.165) is 33.9 Å². The van der Waals surface area contributed by atoms with Crippen molar-refractivity contribution in [3.8, 4) is 16.9 Å². The summed E-state index contributed by atoms with van der Waals surface area (Å²) in [5.74, 6) is 0.519. The molecule has 3 heterocycles. The summed E-state index contributed by atoms with van der Waals surface area (Å²) >= 11 is 0. The number of nitrogens with zero attached hydrogens (tertiary/aromatic N) is 4. The second-order valence-corrected chi connectivity index (χ2v) is 10.3. The number of pyridine rings is 1. The average molecular weight is 478 g/mol. The second-order valence-electron chi connectivity index (χ2n) is 10.3. The van der Waals surface area contributed by atoms with Crippen molar-refractivity contribution in [2.75, 3.05) is 13.7 Å². The zero-order valence-corrected chi connectivity index (χ0v) is 21.8. The fraction of sp³-hybridized carbons (Fsp3) is 0.429. The lowest BCUT2D eigenvalue weighted by molar-refractivity contribution is 0.314. The van der Waals surface area contributed by atoms with Gasteiger partial charge in [-0.25, -0.2) is 9.37 Å². The monoisotopic (exact) mass is 477 g/mol. The highest BCUT2D eigenvalue weighted by atomic mass is 19.1. The Morgan fingerprint density at radius 2 is 1.94 bits per heavy atom. The first-order chi connectivity index (χ1) is 16.6. The molecular formula is C28H36FN5O. The third kappa shape index (κ3) is 5.10. The summed E-state index contributed by atoms with van der Waals surface area (Å²) in [5, 5.41) is 7.99. The molecule has 1 N–H and O–H groups in total. The number of hydrogen-bond acceptors (Lipinski definition) is 4. The molecule has 35 heavy (non-hydrogen) atoms. The van der Waals surface area contributed by atoms with Crippen LogP contribution >= 0.6 is 0 Å². The van der Waals surface area contributed by atoms with Gasteiger partial charge in [-0.3, -0.25) is 4.68 Å². The van der Waals surface area contributed by atoms with Crippen molar-refractivity contribution >= 4 is 5.65 Å². The minimum atomic E-state index is -0.317. The molecule has 0 fully saturated rings. The van der Waals surface area contributed by atoms with Crippen molar-refractivity contribution in [2.24, 2.45) is 12.5 Å². The molecule has 1 aromatic carbocycles. The summed E-state index contributed by atoms with van der Waals surface area (Å²) in [6.45, 7) is 12.2. The molecule has 0 amide bonds. The number of fused-ring (bicyclic) bond motifs is 1. The van der Waals surface area contributed by atoms with Gasteiger partial charge in [-0.2, -0.15) is 5.10 Å². The molecule has 6 nitrogen and oxygen atoms in total. The number of halogens is 1. The first-order valence-corrected chi connectivity index (χ1v) is 12.2. The van der Waals surface area contributed by atoms with Crippen LogP contribution in [0.2, 0.25) is 0 Å². The van der Waals surface area contributed by atoms with Crippen LogP contribution in [0.1, 0.15) is 56.3 Å². The van der Waals surface area contributed by atoms with Gasteiger partial charge in [0.1, 0.15) is 17.2 Å². The van der Waals surface area contributed by atoms with Crippen molar-refractivity contribution in [3.63, 3.8) is 0 Å². The van der Waals surface area contributed by atoms with Gasteiger partial charge in [0.25, 0.3) is 0 Å². The Bertz CT molecular complexity index is 1330. The van der Waals surface area contributed by atoms with E-state index < -0.39 is 0 Å². The van der Waals surface area contributed by atoms with Crippen molar-refractivity contribution in [3.05, 3.63) is 71.2 Å². The Kier molecular flexibility index (Phi) is 6.99. The SMILES string of the molecule is CNCc1cnc2ccc(-c3ccc(F)cc3OCCc3c(C(C)C(C)(C)C)nn(C)c3C)cn12. The van der Waals surface area contributed by atoms with E-state index in [9.17, 15) is 4.39 Å². The molecule has 0 aliphatic heterocycles. The fourth-order valence-electron chi connectivity index (χ4n) is 4.36. The van der Waals surface area contributed by atoms with E-state index >= 15 is 0 Å². The van der Waals surface area contributed by atoms with Gasteiger partial charge in [-0.15, -0.1) is 0 Å². The molecular weight excluding hydrogens is 441 g/mol. The standard InChI is InChI=1S/C28H36FN5O/c1-18(28(3,4)5)27-23(19(2)33(7)32-27)12-13-35-25-14-21(29)9-10-24(25)20-8-11-26-31-16-22(15-30-6)34(26)17-20/h8-11,14,16-18,30H,12-13,15H2,1-7H3. The molecule has 0 aliphatic rings. The smallest absolute Gasteiger partial charge is 0.136 e. The van der Waals surface area contributed by atoms with Gasteiger partial charge in [0.05, 0.1) is 24.2 Å². The van der Waals surface area contributed by atoms with E-state index in [2.05, 4.69) is 49.3 Å². The summed E-state index contributed by atoms with van der Waals surface area (Å²) in [7, 11) is 3.89. The lowest BCUT2D eigenvalue weighted by Crippen LogP contribution is -2.18. The maximum atomic E-state index is 14.2. The average Bonchev–Trinajstić information content (AvgIpc) is 3.33. The zero-order chi connectivity index (χ0) is 25.3. The molecule has 4 rings (SSSR count). The Morgan fingerprint density at radius 1 is 1.17 bits per heavy atom. The van der Waals surface area contributed by atoms with Crippen LogP contribution in [0.15, 0.2) is 42.7 Å². The molecule has 186 valence electrons. The van der Waals surface area contributed by atoms with E-state index in [1.807, 2.05) is 43.3 Å². The maximum absolute atomic E-state index is 14.2. The number of hydrogen-bond donors (Lipinski definition) is 1. The summed E-state index contributed by atoms with van der Waals surface area (Å²) in [5.41, 5.74) is 7.29. The molecule has 0 bridgehead atoms. The predicted octanol–water partition coefficient (Wildman–Crippen LogP) is 5.67. The van der Waals surface area contributed by atoms with Crippen LogP contribution < -0.4 is 10.1 Å². The Hall–Kier alpha value is -3.19. The van der Waals surface area contributed by atoms with Gasteiger partial charge in [0.15, 0.2) is 0 Å². The molecule has 0 saturated heterocycles. The lowest BCUT2D eigenvalue weighted by Gasteiger charge is -2.26. The molecule has 1 unspecified atom stereocenters. The fourth-order valence-corrected chi connectivity index (χ4v) is 4.36. The van der Waals surface area contributed by atoms with Gasteiger partial charge < -0.3 is 14.5 Å². The normalized spacial score (nSPS) is 12.9. The first kappa shape index (κ1) is 24.9. The van der Waals surface area contributed by atoms with Gasteiger partial charge in [0.2, 0.25) is 0 Å². The van der Waals surface area contributed by atoms with Gasteiger partial charge in [-0.1, -0.05) is 27.7 Å². The van der Waals surface area contributed by atoms with Crippen molar-refractivity contribution in [2.45, 2.75) is 53.5 Å². The van der Waals surface area contributed by atoms with E-state index in [0.29, 0.717) is 31.2 Å². The molecule has 0 spiro atoms. The van der Waals surface area contributed by atoms with Crippen LogP contribution in [0.5, 0.6) is 5.75 Å². The Morgan fingerprint density at radius 3 is 2.66 bits per heavy atom. The lowest BCUT2D eigenvalue weighted by atomic mass is 9.78. The molecule has 0 radical (unpaired) electrons. The van der Waals surface area contributed by atoms with Gasteiger partial charge in [-0.05, 0) is 49.2 Å². The quantitative estimate of drug-likeness (QED) is 0.355. The Labute approximate surface area is 207 Å². The molecule has 0 saturated carbocycles. The maximum Gasteiger partial charge on any atom is 0.136 e. The summed E-state index contributed by atoms with van der Waals surface area (Å²) in [4.78, 5) is 4.47. The van der Waals surface area contributed by atoms with Crippen LogP contribution in [-0.2, 0) is 20.0 Å². The molecule has 7 heteroatoms. The van der Waals surface area contributed by atoms with E-state index in [1.54, 1.807) is 6.07 Å². The topological polar surface area (TPSA) is 56.4 Å². The van der Waals surface area contributed by atoms with Crippen molar-refractivity contribution in [1.82, 2.24) is 24.5 Å². The van der Waals surface area contributed by atoms with Crippen LogP contribution in [0.3, 0.4) is 0 Å². The summed E-state index contributed by atoms with van der Waals surface area (Å²) in [6, 6.07) is 8.70. The number of benzene rings is 1. The predicted molar refractivity (Wildman–Crippen MR) is 138 cm³/mol. The minimum Gasteiger partial charge on any atom is -0.492 e. The first-order valence-electron chi connectivity index (χ1n) is 12.2. The van der Waals surface area contributed by atoms with Crippen LogP contribution in [0.4, 0.5) is 4.39 Å². The number of imidazole rings is 1. The van der Waals surface area contributed by atoms with Crippen LogP contribution in [-0.4, -0.2) is 32.8 Å². The Balaban J connectivity index is 1.61. The summed E-state index contributed by atoms with van der Waals surface area (Å²) < 4.78 is 24.5. The molecule has 3 aromatic heterocycles. The van der Waals surface area contributed by atoms with E-state index in [1.165, 1.54) is 17.7 Å². The van der Waals surface area contributed by atoms with Gasteiger partial charge in [0, 0.05) is 55.0 Å². The zero-order valence-electron chi connectivity index (χ0n) is 21.8. The van der Waals surface area contributed by atoms with Crippen LogP contribution in [0, 0.1) is 18.2 Å². The molecule has 0 aliphatic carbocycles. The third-order valence-electron chi connectivity index (χ3n) is 7.00. The van der Waals surface area contributed by atoms with E-state index in [4.69, 9.17) is 9.84 Å². The number of ether oxygens (including phenoxy) is 1. The summed E-state index contributed by atoms with van der Waals surface area (Å²) in [6.07, 6.45) is 4.60. The highest BCUT2D eigenvalue weighted by Gasteiger charge is 2.27. The second kappa shape index (κ2) is 9.82. The van der Waals surface area contributed by atoms with Gasteiger partial charge >= 0.3 is 0 Å². The minimum absolute atomic E-state index is 0.101. The number of rotatable bonds is 8. The van der Waals surface area contributed by atoms with Crippen LogP contribution in [0.25, 0.3) is 16.8 Å². The number of aromatic nitrogens is 4. The number of nitrogens with one attached hydrogen (secondary N) is 1. The van der Waals surface area contributed by atoms with Crippen molar-refractivity contribution < 1.29 is 9.13 Å². The highest BCUT2D eigenvalue weighted by molar-refractivity contribution is 5.71. The van der Waals surface area contributed by atoms with Crippen molar-refractivity contribution in [1.29, 1.82) is 0 Å². The largest absolute Gasteiger partial charge is 0.492 e. The highest BCUT2D eigenvalue weighted by Crippen LogP contribution is 2.37. The molecule has 1 atom stereocenters. The third-order valence-corrected chi connectivity index (χ3v) is 7.00.